The van der Waals surface area contributed by atoms with Gasteiger partial charge in [-0.05, 0) is 36.4 Å². The first-order chi connectivity index (χ1) is 14.8. The number of hydrogen-bond donors (Lipinski definition) is 2. The maximum Gasteiger partial charge on any atom is 0.269 e. The highest BCUT2D eigenvalue weighted by Crippen LogP contribution is 2.36. The summed E-state index contributed by atoms with van der Waals surface area (Å²) in [7, 11) is 5.22. The number of nitrogens with zero attached hydrogens (tertiary/aromatic N) is 2. The lowest BCUT2D eigenvalue weighted by Crippen LogP contribution is -2.19. The number of benzene rings is 3. The molecule has 0 bridgehead atoms. The van der Waals surface area contributed by atoms with E-state index in [4.69, 9.17) is 10.5 Å². The maximum absolute atomic E-state index is 13.3. The van der Waals surface area contributed by atoms with Gasteiger partial charge in [-0.25, -0.2) is 0 Å². The van der Waals surface area contributed by atoms with Gasteiger partial charge in [0.25, 0.3) is 11.6 Å². The van der Waals surface area contributed by atoms with Gasteiger partial charge in [-0.15, -0.1) is 0 Å². The molecule has 3 aromatic carbocycles. The summed E-state index contributed by atoms with van der Waals surface area (Å²) in [5.41, 5.74) is 8.06. The minimum Gasteiger partial charge on any atom is -0.494 e. The molecule has 31 heavy (non-hydrogen) atoms. The van der Waals surface area contributed by atoms with E-state index in [1.807, 2.05) is 37.2 Å². The van der Waals surface area contributed by atoms with Gasteiger partial charge in [-0.3, -0.25) is 14.9 Å². The molecule has 3 aromatic rings. The number of amides is 1. The van der Waals surface area contributed by atoms with Crippen molar-refractivity contribution < 1.29 is 14.5 Å². The van der Waals surface area contributed by atoms with Crippen LogP contribution in [0, 0.1) is 10.1 Å². The van der Waals surface area contributed by atoms with Crippen LogP contribution in [-0.4, -0.2) is 32.0 Å². The number of rotatable bonds is 7. The Bertz CT molecular complexity index is 1120. The number of carbonyl (C=O) groups is 1. The molecular weight excluding hydrogens is 416 g/mol. The molecule has 0 atom stereocenters. The second-order valence-corrected chi connectivity index (χ2v) is 7.93. The van der Waals surface area contributed by atoms with Crippen molar-refractivity contribution in [1.82, 2.24) is 0 Å². The van der Waals surface area contributed by atoms with Crippen LogP contribution >= 0.6 is 11.8 Å². The molecular formula is C22H22N4O4S. The number of nitro benzene ring substituents is 1. The number of carbonyl (C=O) groups excluding carboxylic acids is 1. The Labute approximate surface area is 184 Å². The molecule has 0 spiro atoms. The van der Waals surface area contributed by atoms with E-state index in [0.29, 0.717) is 27.6 Å². The van der Waals surface area contributed by atoms with Crippen LogP contribution in [0.4, 0.5) is 22.7 Å². The molecule has 0 aliphatic rings. The molecule has 0 aromatic heterocycles. The van der Waals surface area contributed by atoms with Gasteiger partial charge >= 0.3 is 0 Å². The Morgan fingerprint density at radius 1 is 1.13 bits per heavy atom. The summed E-state index contributed by atoms with van der Waals surface area (Å²) in [5, 5.41) is 13.8. The van der Waals surface area contributed by atoms with E-state index in [1.54, 1.807) is 30.3 Å². The first kappa shape index (κ1) is 22.0. The number of nitrogens with one attached hydrogen (secondary N) is 1. The number of nitrogens with two attached hydrogens (primary N) is 1. The molecule has 8 nitrogen and oxygen atoms in total. The van der Waals surface area contributed by atoms with E-state index in [1.165, 1.54) is 31.0 Å². The Balaban J connectivity index is 1.98. The second-order valence-electron chi connectivity index (χ2n) is 6.81. The highest BCUT2D eigenvalue weighted by atomic mass is 32.2. The summed E-state index contributed by atoms with van der Waals surface area (Å²) in [5.74, 6) is 0.150. The lowest BCUT2D eigenvalue weighted by atomic mass is 10.1. The topological polar surface area (TPSA) is 111 Å². The van der Waals surface area contributed by atoms with Crippen LogP contribution in [0.25, 0.3) is 0 Å². The van der Waals surface area contributed by atoms with Crippen LogP contribution in [0.3, 0.4) is 0 Å². The largest absolute Gasteiger partial charge is 0.494 e. The molecule has 0 aliphatic heterocycles. The number of non-ortho nitro benzene ring substituents is 1. The molecule has 0 saturated carbocycles. The van der Waals surface area contributed by atoms with Gasteiger partial charge in [-0.2, -0.15) is 0 Å². The lowest BCUT2D eigenvalue weighted by molar-refractivity contribution is -0.384. The molecule has 0 saturated heterocycles. The molecule has 3 N–H and O–H groups in total. The van der Waals surface area contributed by atoms with Crippen LogP contribution in [0.2, 0.25) is 0 Å². The van der Waals surface area contributed by atoms with Crippen molar-refractivity contribution in [2.24, 2.45) is 0 Å². The fraction of sp³-hybridized carbons (Fsp3) is 0.136. The molecule has 3 rings (SSSR count). The average Bonchev–Trinajstić information content (AvgIpc) is 2.75. The number of nitrogen functional groups attached to an aromatic ring is 1. The highest BCUT2D eigenvalue weighted by Gasteiger charge is 2.20. The summed E-state index contributed by atoms with van der Waals surface area (Å²) >= 11 is 1.36. The zero-order valence-corrected chi connectivity index (χ0v) is 18.1. The predicted octanol–water partition coefficient (Wildman–Crippen LogP) is 4.66. The van der Waals surface area contributed by atoms with Crippen molar-refractivity contribution in [3.05, 3.63) is 76.3 Å². The van der Waals surface area contributed by atoms with Gasteiger partial charge in [0, 0.05) is 47.8 Å². The Kier molecular flexibility index (Phi) is 6.66. The molecule has 9 heteroatoms. The smallest absolute Gasteiger partial charge is 0.269 e. The third-order valence-corrected chi connectivity index (χ3v) is 5.53. The number of hydrogen-bond acceptors (Lipinski definition) is 7. The number of anilines is 3. The lowest BCUT2D eigenvalue weighted by Gasteiger charge is -2.20. The fourth-order valence-electron chi connectivity index (χ4n) is 2.96. The fourth-order valence-corrected chi connectivity index (χ4v) is 3.94. The molecule has 0 aliphatic carbocycles. The van der Waals surface area contributed by atoms with Crippen LogP contribution in [0.1, 0.15) is 10.4 Å². The van der Waals surface area contributed by atoms with Crippen LogP contribution in [-0.2, 0) is 0 Å². The van der Waals surface area contributed by atoms with E-state index in [0.717, 1.165) is 10.6 Å². The molecule has 0 unspecified atom stereocenters. The van der Waals surface area contributed by atoms with Gasteiger partial charge < -0.3 is 20.7 Å². The minimum absolute atomic E-state index is 0.0137. The van der Waals surface area contributed by atoms with Gasteiger partial charge in [-0.1, -0.05) is 17.8 Å². The van der Waals surface area contributed by atoms with Crippen molar-refractivity contribution >= 4 is 40.4 Å². The average molecular weight is 439 g/mol. The zero-order chi connectivity index (χ0) is 22.5. The van der Waals surface area contributed by atoms with Crippen molar-refractivity contribution in [2.75, 3.05) is 37.2 Å². The quantitative estimate of drug-likeness (QED) is 0.314. The molecule has 1 amide bonds. The zero-order valence-electron chi connectivity index (χ0n) is 17.3. The maximum atomic E-state index is 13.3. The summed E-state index contributed by atoms with van der Waals surface area (Å²) in [6, 6.07) is 16.8. The number of ether oxygens (including phenoxy) is 1. The van der Waals surface area contributed by atoms with E-state index in [-0.39, 0.29) is 11.6 Å². The Morgan fingerprint density at radius 2 is 1.84 bits per heavy atom. The van der Waals surface area contributed by atoms with E-state index >= 15 is 0 Å². The predicted molar refractivity (Wildman–Crippen MR) is 123 cm³/mol. The van der Waals surface area contributed by atoms with Crippen molar-refractivity contribution in [3.8, 4) is 5.75 Å². The van der Waals surface area contributed by atoms with Crippen molar-refractivity contribution in [3.63, 3.8) is 0 Å². The first-order valence-electron chi connectivity index (χ1n) is 9.27. The van der Waals surface area contributed by atoms with Gasteiger partial charge in [0.05, 0.1) is 29.0 Å². The summed E-state index contributed by atoms with van der Waals surface area (Å²) < 4.78 is 5.33. The van der Waals surface area contributed by atoms with Crippen LogP contribution in [0.15, 0.2) is 70.5 Å². The van der Waals surface area contributed by atoms with E-state index in [2.05, 4.69) is 5.32 Å². The third-order valence-electron chi connectivity index (χ3n) is 4.46. The Hall–Kier alpha value is -3.72. The van der Waals surface area contributed by atoms with Gasteiger partial charge in [0.1, 0.15) is 5.75 Å². The third kappa shape index (κ3) is 5.07. The van der Waals surface area contributed by atoms with Crippen molar-refractivity contribution in [1.29, 1.82) is 0 Å². The minimum atomic E-state index is -0.444. The summed E-state index contributed by atoms with van der Waals surface area (Å²) in [6.45, 7) is 0. The van der Waals surface area contributed by atoms with Crippen LogP contribution in [0.5, 0.6) is 5.75 Å². The summed E-state index contributed by atoms with van der Waals surface area (Å²) in [6.07, 6.45) is 0. The summed E-state index contributed by atoms with van der Waals surface area (Å²) in [4.78, 5) is 27.1. The molecule has 0 radical (unpaired) electrons. The van der Waals surface area contributed by atoms with Crippen LogP contribution < -0.4 is 20.7 Å². The Morgan fingerprint density at radius 3 is 2.45 bits per heavy atom. The number of methoxy groups -OCH3 is 1. The van der Waals surface area contributed by atoms with E-state index in [9.17, 15) is 14.9 Å². The molecule has 0 fully saturated rings. The normalized spacial score (nSPS) is 10.4. The number of nitro groups is 1. The molecule has 0 heterocycles. The first-order valence-corrected chi connectivity index (χ1v) is 10.1. The highest BCUT2D eigenvalue weighted by molar-refractivity contribution is 7.99. The monoisotopic (exact) mass is 438 g/mol. The van der Waals surface area contributed by atoms with Crippen molar-refractivity contribution in [2.45, 2.75) is 9.79 Å². The second kappa shape index (κ2) is 9.40. The van der Waals surface area contributed by atoms with Gasteiger partial charge in [0.2, 0.25) is 0 Å². The van der Waals surface area contributed by atoms with Gasteiger partial charge in [0.15, 0.2) is 0 Å². The molecule has 160 valence electrons. The SMILES string of the molecule is COc1cc(N)ccc1NC(=O)c1c(Sc2ccc([N+](=O)[O-])cc2)cccc1N(C)C. The van der Waals surface area contributed by atoms with E-state index < -0.39 is 4.92 Å². The standard InChI is InChI=1S/C22H22N4O4S/c1-25(2)18-5-4-6-20(31-16-10-8-15(9-11-16)26(28)29)21(18)22(27)24-17-12-7-14(23)13-19(17)30-3/h4-13H,23H2,1-3H3,(H,24,27).